The summed E-state index contributed by atoms with van der Waals surface area (Å²) in [5.74, 6) is -3.02. The van der Waals surface area contributed by atoms with E-state index in [2.05, 4.69) is 6.08 Å². The number of rotatable bonds is 3. The Kier molecular flexibility index (Phi) is 5.77. The summed E-state index contributed by atoms with van der Waals surface area (Å²) in [6.07, 6.45) is 7.76. The van der Waals surface area contributed by atoms with Crippen LogP contribution in [0.1, 0.15) is 63.4 Å². The second-order valence-corrected chi connectivity index (χ2v) is 12.4. The first kappa shape index (κ1) is 25.2. The van der Waals surface area contributed by atoms with Crippen LogP contribution in [0.2, 0.25) is 0 Å². The third-order valence-corrected chi connectivity index (χ3v) is 10.5. The average Bonchev–Trinajstić information content (AvgIpc) is 3.33. The molecule has 2 aromatic rings. The first-order valence-electron chi connectivity index (χ1n) is 14.6. The second kappa shape index (κ2) is 9.15. The van der Waals surface area contributed by atoms with Crippen LogP contribution in [0.4, 0.5) is 5.69 Å². The normalized spacial score (nSPS) is 34.0. The predicted octanol–water partition coefficient (Wildman–Crippen LogP) is 4.96. The molecule has 7 rings (SSSR count). The van der Waals surface area contributed by atoms with Gasteiger partial charge < -0.3 is 5.11 Å². The van der Waals surface area contributed by atoms with E-state index >= 15 is 0 Å². The lowest BCUT2D eigenvalue weighted by atomic mass is 9.51. The summed E-state index contributed by atoms with van der Waals surface area (Å²) in [4.78, 5) is 59.0. The van der Waals surface area contributed by atoms with E-state index in [1.54, 1.807) is 35.2 Å². The molecule has 5 aliphatic rings. The Labute approximate surface area is 233 Å². The zero-order chi connectivity index (χ0) is 27.8. The van der Waals surface area contributed by atoms with Gasteiger partial charge in [0.2, 0.25) is 23.6 Å². The van der Waals surface area contributed by atoms with E-state index in [9.17, 15) is 24.3 Å². The molecule has 2 aliphatic heterocycles. The van der Waals surface area contributed by atoms with Gasteiger partial charge >= 0.3 is 0 Å². The molecule has 2 saturated heterocycles. The van der Waals surface area contributed by atoms with Crippen LogP contribution in [0.15, 0.2) is 66.2 Å². The standard InChI is InChI=1S/C33H34N2O5/c1-33-26(30(38)35(32(33)40)21-12-6-3-7-13-21)18-25-23(28(33)19-9-8-14-22(36)17-19)15-16-24-27(25)31(39)34(29(24)37)20-10-4-2-5-11-20/h3,6-9,12-15,17,20,24-28,36H,2,4-5,10-11,16,18H2,1H3. The van der Waals surface area contributed by atoms with Crippen LogP contribution >= 0.6 is 0 Å². The van der Waals surface area contributed by atoms with E-state index in [0.717, 1.165) is 43.2 Å². The number of phenols is 1. The summed E-state index contributed by atoms with van der Waals surface area (Å²) in [6.45, 7) is 1.87. The van der Waals surface area contributed by atoms with Gasteiger partial charge in [-0.15, -0.1) is 0 Å². The van der Waals surface area contributed by atoms with E-state index in [0.29, 0.717) is 18.5 Å². The summed E-state index contributed by atoms with van der Waals surface area (Å²) in [7, 11) is 0. The minimum Gasteiger partial charge on any atom is -0.508 e. The summed E-state index contributed by atoms with van der Waals surface area (Å²) in [6, 6.07) is 15.9. The van der Waals surface area contributed by atoms with E-state index in [-0.39, 0.29) is 41.3 Å². The number of fused-ring (bicyclic) bond motifs is 4. The van der Waals surface area contributed by atoms with Gasteiger partial charge in [-0.25, -0.2) is 4.90 Å². The minimum atomic E-state index is -1.09. The van der Waals surface area contributed by atoms with Crippen LogP contribution in [0.25, 0.3) is 0 Å². The van der Waals surface area contributed by atoms with E-state index in [4.69, 9.17) is 0 Å². The van der Waals surface area contributed by atoms with E-state index in [1.807, 2.05) is 31.2 Å². The monoisotopic (exact) mass is 538 g/mol. The molecule has 4 fully saturated rings. The van der Waals surface area contributed by atoms with Crippen molar-refractivity contribution in [1.29, 1.82) is 0 Å². The number of aromatic hydroxyl groups is 1. The molecular weight excluding hydrogens is 504 g/mol. The lowest BCUT2D eigenvalue weighted by Crippen LogP contribution is -2.49. The van der Waals surface area contributed by atoms with Crippen molar-refractivity contribution in [1.82, 2.24) is 4.90 Å². The van der Waals surface area contributed by atoms with Crippen LogP contribution < -0.4 is 4.90 Å². The Bertz CT molecular complexity index is 1440. The minimum absolute atomic E-state index is 0.0400. The molecule has 0 spiro atoms. The summed E-state index contributed by atoms with van der Waals surface area (Å²) in [5, 5.41) is 10.4. The highest BCUT2D eigenvalue weighted by Crippen LogP contribution is 2.63. The lowest BCUT2D eigenvalue weighted by molar-refractivity contribution is -0.144. The van der Waals surface area contributed by atoms with Gasteiger partial charge in [-0.2, -0.15) is 0 Å². The van der Waals surface area contributed by atoms with Gasteiger partial charge in [0.1, 0.15) is 5.75 Å². The molecule has 7 nitrogen and oxygen atoms in total. The Morgan fingerprint density at radius 3 is 2.33 bits per heavy atom. The zero-order valence-corrected chi connectivity index (χ0v) is 22.7. The van der Waals surface area contributed by atoms with Crippen LogP contribution in [0.5, 0.6) is 5.75 Å². The van der Waals surface area contributed by atoms with Gasteiger partial charge in [-0.05, 0) is 68.4 Å². The average molecular weight is 539 g/mol. The maximum Gasteiger partial charge on any atom is 0.241 e. The van der Waals surface area contributed by atoms with Crippen molar-refractivity contribution in [3.8, 4) is 5.75 Å². The van der Waals surface area contributed by atoms with E-state index in [1.165, 1.54) is 4.90 Å². The Morgan fingerprint density at radius 1 is 0.850 bits per heavy atom. The van der Waals surface area contributed by atoms with Crippen molar-refractivity contribution >= 4 is 29.3 Å². The van der Waals surface area contributed by atoms with Gasteiger partial charge in [0.05, 0.1) is 28.9 Å². The maximum atomic E-state index is 14.3. The molecule has 2 saturated carbocycles. The first-order valence-corrected chi connectivity index (χ1v) is 14.6. The van der Waals surface area contributed by atoms with Gasteiger partial charge in [-0.3, -0.25) is 24.1 Å². The molecule has 6 unspecified atom stereocenters. The van der Waals surface area contributed by atoms with Crippen molar-refractivity contribution < 1.29 is 24.3 Å². The van der Waals surface area contributed by atoms with Crippen LogP contribution in [-0.4, -0.2) is 39.7 Å². The molecule has 206 valence electrons. The molecule has 40 heavy (non-hydrogen) atoms. The smallest absolute Gasteiger partial charge is 0.241 e. The van der Waals surface area contributed by atoms with Crippen molar-refractivity contribution in [3.63, 3.8) is 0 Å². The fourth-order valence-corrected chi connectivity index (χ4v) is 8.65. The largest absolute Gasteiger partial charge is 0.508 e. The number of amides is 4. The third kappa shape index (κ3) is 3.42. The van der Waals surface area contributed by atoms with Crippen molar-refractivity contribution in [2.75, 3.05) is 4.90 Å². The molecule has 2 heterocycles. The number of phenolic OH excluding ortho intramolecular Hbond substituents is 1. The van der Waals surface area contributed by atoms with Gasteiger partial charge in [-0.1, -0.05) is 61.2 Å². The number of benzene rings is 2. The maximum absolute atomic E-state index is 14.3. The number of carbonyl (C=O) groups excluding carboxylic acids is 4. The molecule has 3 aliphatic carbocycles. The van der Waals surface area contributed by atoms with Gasteiger partial charge in [0.15, 0.2) is 0 Å². The number of anilines is 1. The molecule has 2 aromatic carbocycles. The fraction of sp³-hybridized carbons (Fsp3) is 0.455. The first-order chi connectivity index (χ1) is 19.3. The SMILES string of the molecule is CC12C(=O)N(c3ccccc3)C(=O)C1CC1C(=CCC3C(=O)N(C4CCCCC4)C(=O)C31)C2c1cccc(O)c1. The van der Waals surface area contributed by atoms with Crippen LogP contribution in [0.3, 0.4) is 0 Å². The fourth-order valence-electron chi connectivity index (χ4n) is 8.65. The molecule has 4 amide bonds. The molecule has 0 radical (unpaired) electrons. The molecule has 7 heteroatoms. The molecule has 0 bridgehead atoms. The summed E-state index contributed by atoms with van der Waals surface area (Å²) < 4.78 is 0. The summed E-state index contributed by atoms with van der Waals surface area (Å²) in [5.41, 5.74) is 1.14. The van der Waals surface area contributed by atoms with Gasteiger partial charge in [0, 0.05) is 12.0 Å². The molecule has 6 atom stereocenters. The quantitative estimate of drug-likeness (QED) is 0.441. The zero-order valence-electron chi connectivity index (χ0n) is 22.7. The number of para-hydroxylation sites is 1. The number of hydrogen-bond acceptors (Lipinski definition) is 5. The highest BCUT2D eigenvalue weighted by atomic mass is 16.3. The Hall–Kier alpha value is -3.74. The van der Waals surface area contributed by atoms with Gasteiger partial charge in [0.25, 0.3) is 0 Å². The molecular formula is C33H34N2O5. The van der Waals surface area contributed by atoms with E-state index < -0.39 is 29.1 Å². The van der Waals surface area contributed by atoms with Crippen molar-refractivity contribution in [2.24, 2.45) is 29.1 Å². The lowest BCUT2D eigenvalue weighted by Gasteiger charge is -2.49. The van der Waals surface area contributed by atoms with Crippen molar-refractivity contribution in [2.45, 2.75) is 63.8 Å². The predicted molar refractivity (Wildman–Crippen MR) is 148 cm³/mol. The number of nitrogens with zero attached hydrogens (tertiary/aromatic N) is 2. The van der Waals surface area contributed by atoms with Crippen molar-refractivity contribution in [3.05, 3.63) is 71.8 Å². The van der Waals surface area contributed by atoms with Crippen LogP contribution in [0, 0.1) is 29.1 Å². The second-order valence-electron chi connectivity index (χ2n) is 12.4. The number of hydrogen-bond donors (Lipinski definition) is 1. The number of imide groups is 2. The highest BCUT2D eigenvalue weighted by Gasteiger charge is 2.67. The van der Waals surface area contributed by atoms with Crippen LogP contribution in [-0.2, 0) is 19.2 Å². The molecule has 1 N–H and O–H groups in total. The number of likely N-dealkylation sites (tertiary alicyclic amines) is 1. The molecule has 0 aromatic heterocycles. The highest BCUT2D eigenvalue weighted by molar-refractivity contribution is 6.24. The topological polar surface area (TPSA) is 95.0 Å². The Morgan fingerprint density at radius 2 is 1.60 bits per heavy atom. The third-order valence-electron chi connectivity index (χ3n) is 10.5. The number of allylic oxidation sites excluding steroid dienone is 2. The number of carbonyl (C=O) groups is 4. The summed E-state index contributed by atoms with van der Waals surface area (Å²) >= 11 is 0. The Balaban J connectivity index is 1.35.